The minimum atomic E-state index is -0.569. The second-order valence-corrected chi connectivity index (χ2v) is 8.20. The molecule has 2 heterocycles. The average molecular weight is 396 g/mol. The van der Waals surface area contributed by atoms with Crippen molar-refractivity contribution in [2.45, 2.75) is 39.5 Å². The van der Waals surface area contributed by atoms with Gasteiger partial charge in [-0.1, -0.05) is 6.07 Å². The number of rotatable bonds is 3. The van der Waals surface area contributed by atoms with Crippen LogP contribution in [0.5, 0.6) is 0 Å². The van der Waals surface area contributed by atoms with E-state index in [1.165, 1.54) is 17.4 Å². The first-order chi connectivity index (χ1) is 13.4. The number of nitrogens with two attached hydrogens (primary N) is 1. The first-order valence-electron chi connectivity index (χ1n) is 9.16. The Labute approximate surface area is 165 Å². The van der Waals surface area contributed by atoms with Crippen molar-refractivity contribution in [3.63, 3.8) is 0 Å². The van der Waals surface area contributed by atoms with E-state index in [1.807, 2.05) is 19.9 Å². The third kappa shape index (κ3) is 3.01. The smallest absolute Gasteiger partial charge is 0.292 e. The molecule has 0 saturated heterocycles. The lowest BCUT2D eigenvalue weighted by Crippen LogP contribution is -2.19. The predicted molar refractivity (Wildman–Crippen MR) is 109 cm³/mol. The van der Waals surface area contributed by atoms with Crippen molar-refractivity contribution >= 4 is 39.1 Å². The third-order valence-corrected chi connectivity index (χ3v) is 6.49. The van der Waals surface area contributed by atoms with Crippen LogP contribution in [0.25, 0.3) is 11.0 Å². The molecular formula is C21H20N2O4S. The highest BCUT2D eigenvalue weighted by molar-refractivity contribution is 7.17. The lowest BCUT2D eigenvalue weighted by molar-refractivity contribution is 0.0997. The molecule has 2 amide bonds. The molecule has 0 radical (unpaired) electrons. The Morgan fingerprint density at radius 2 is 1.93 bits per heavy atom. The molecule has 2 aromatic heterocycles. The van der Waals surface area contributed by atoms with Gasteiger partial charge in [-0.15, -0.1) is 11.3 Å². The minimum Gasteiger partial charge on any atom is -0.450 e. The second-order valence-electron chi connectivity index (χ2n) is 7.09. The summed E-state index contributed by atoms with van der Waals surface area (Å²) in [4.78, 5) is 38.3. The molecule has 0 aliphatic heterocycles. The van der Waals surface area contributed by atoms with Crippen LogP contribution in [0.4, 0.5) is 5.00 Å². The normalized spacial score (nSPS) is 13.4. The van der Waals surface area contributed by atoms with Crippen LogP contribution in [0, 0.1) is 13.8 Å². The molecule has 28 heavy (non-hydrogen) atoms. The number of hydrogen-bond donors (Lipinski definition) is 2. The Hall–Kier alpha value is -2.93. The van der Waals surface area contributed by atoms with Gasteiger partial charge in [-0.25, -0.2) is 0 Å². The highest BCUT2D eigenvalue weighted by atomic mass is 32.1. The number of aryl methyl sites for hydroxylation is 3. The van der Waals surface area contributed by atoms with Crippen molar-refractivity contribution in [2.24, 2.45) is 5.73 Å². The minimum absolute atomic E-state index is 0.0898. The van der Waals surface area contributed by atoms with E-state index in [9.17, 15) is 14.4 Å². The van der Waals surface area contributed by atoms with E-state index in [0.29, 0.717) is 21.5 Å². The number of anilines is 1. The van der Waals surface area contributed by atoms with E-state index < -0.39 is 11.8 Å². The van der Waals surface area contributed by atoms with Crippen molar-refractivity contribution in [2.75, 3.05) is 5.32 Å². The SMILES string of the molecule is Cc1ccc2c(=O)cc(C(=O)Nc3sc4c(c3C(N)=O)CCCC4)oc2c1C. The largest absolute Gasteiger partial charge is 0.450 e. The van der Waals surface area contributed by atoms with Crippen molar-refractivity contribution < 1.29 is 14.0 Å². The lowest BCUT2D eigenvalue weighted by atomic mass is 9.95. The molecule has 1 aliphatic carbocycles. The van der Waals surface area contributed by atoms with Crippen molar-refractivity contribution in [3.8, 4) is 0 Å². The highest BCUT2D eigenvalue weighted by Crippen LogP contribution is 2.38. The molecule has 144 valence electrons. The summed E-state index contributed by atoms with van der Waals surface area (Å²) in [7, 11) is 0. The molecule has 0 bridgehead atoms. The molecular weight excluding hydrogens is 376 g/mol. The van der Waals surface area contributed by atoms with E-state index in [4.69, 9.17) is 10.2 Å². The molecule has 3 N–H and O–H groups in total. The fourth-order valence-electron chi connectivity index (χ4n) is 3.64. The summed E-state index contributed by atoms with van der Waals surface area (Å²) >= 11 is 1.37. The van der Waals surface area contributed by atoms with Crippen LogP contribution >= 0.6 is 11.3 Å². The average Bonchev–Trinajstić information content (AvgIpc) is 3.02. The zero-order valence-corrected chi connectivity index (χ0v) is 16.5. The van der Waals surface area contributed by atoms with Gasteiger partial charge in [0, 0.05) is 10.9 Å². The second kappa shape index (κ2) is 6.91. The number of carbonyl (C=O) groups is 2. The van der Waals surface area contributed by atoms with Gasteiger partial charge in [0.25, 0.3) is 11.8 Å². The van der Waals surface area contributed by atoms with Crippen LogP contribution in [0.1, 0.15) is 55.3 Å². The number of hydrogen-bond acceptors (Lipinski definition) is 5. The first-order valence-corrected chi connectivity index (χ1v) is 9.98. The number of nitrogens with one attached hydrogen (secondary N) is 1. The number of thiophene rings is 1. The number of primary amides is 1. The monoisotopic (exact) mass is 396 g/mol. The van der Waals surface area contributed by atoms with Gasteiger partial charge in [-0.05, 0) is 62.3 Å². The van der Waals surface area contributed by atoms with E-state index in [2.05, 4.69) is 5.32 Å². The molecule has 0 unspecified atom stereocenters. The van der Waals surface area contributed by atoms with Crippen LogP contribution in [-0.2, 0) is 12.8 Å². The highest BCUT2D eigenvalue weighted by Gasteiger charge is 2.26. The zero-order chi connectivity index (χ0) is 20.0. The van der Waals surface area contributed by atoms with Gasteiger partial charge < -0.3 is 15.5 Å². The van der Waals surface area contributed by atoms with Crippen molar-refractivity contribution in [1.82, 2.24) is 0 Å². The van der Waals surface area contributed by atoms with Gasteiger partial charge in [0.2, 0.25) is 0 Å². The first kappa shape index (κ1) is 18.4. The van der Waals surface area contributed by atoms with Crippen LogP contribution in [0.15, 0.2) is 27.4 Å². The zero-order valence-electron chi connectivity index (χ0n) is 15.7. The maximum Gasteiger partial charge on any atom is 0.292 e. The molecule has 0 fully saturated rings. The number of amides is 2. The molecule has 7 heteroatoms. The fourth-order valence-corrected chi connectivity index (χ4v) is 4.93. The summed E-state index contributed by atoms with van der Waals surface area (Å²) in [5.41, 5.74) is 8.79. The molecule has 0 saturated carbocycles. The molecule has 0 atom stereocenters. The Morgan fingerprint density at radius 3 is 2.68 bits per heavy atom. The van der Waals surface area contributed by atoms with Gasteiger partial charge in [0.15, 0.2) is 11.2 Å². The Balaban J connectivity index is 1.76. The quantitative estimate of drug-likeness (QED) is 0.704. The van der Waals surface area contributed by atoms with Gasteiger partial charge >= 0.3 is 0 Å². The van der Waals surface area contributed by atoms with E-state index in [1.54, 1.807) is 6.07 Å². The number of benzene rings is 1. The molecule has 0 spiro atoms. The van der Waals surface area contributed by atoms with E-state index >= 15 is 0 Å². The van der Waals surface area contributed by atoms with Gasteiger partial charge in [0.05, 0.1) is 10.9 Å². The summed E-state index contributed by atoms with van der Waals surface area (Å²) in [5.74, 6) is -1.21. The van der Waals surface area contributed by atoms with Crippen LogP contribution in [0.3, 0.4) is 0 Å². The Kier molecular flexibility index (Phi) is 4.55. The maximum absolute atomic E-state index is 12.8. The molecule has 1 aliphatic rings. The third-order valence-electron chi connectivity index (χ3n) is 5.28. The van der Waals surface area contributed by atoms with Gasteiger partial charge in [0.1, 0.15) is 10.6 Å². The lowest BCUT2D eigenvalue weighted by Gasteiger charge is -2.11. The van der Waals surface area contributed by atoms with E-state index in [-0.39, 0.29) is 11.2 Å². The van der Waals surface area contributed by atoms with Crippen LogP contribution in [0.2, 0.25) is 0 Å². The molecule has 1 aromatic carbocycles. The van der Waals surface area contributed by atoms with Crippen molar-refractivity contribution in [3.05, 3.63) is 61.3 Å². The van der Waals surface area contributed by atoms with Crippen LogP contribution in [-0.4, -0.2) is 11.8 Å². The van der Waals surface area contributed by atoms with E-state index in [0.717, 1.165) is 47.3 Å². The summed E-state index contributed by atoms with van der Waals surface area (Å²) in [6.45, 7) is 3.76. The summed E-state index contributed by atoms with van der Waals surface area (Å²) < 4.78 is 5.77. The topological polar surface area (TPSA) is 102 Å². The standard InChI is InChI=1S/C21H20N2O4S/c1-10-7-8-12-14(24)9-15(27-18(12)11(10)2)20(26)23-21-17(19(22)25)13-5-3-4-6-16(13)28-21/h7-9H,3-6H2,1-2H3,(H2,22,25)(H,23,26). The van der Waals surface area contributed by atoms with Crippen LogP contribution < -0.4 is 16.5 Å². The Bertz CT molecular complexity index is 1190. The predicted octanol–water partition coefficient (Wildman–Crippen LogP) is 3.70. The number of carbonyl (C=O) groups excluding carboxylic acids is 2. The number of fused-ring (bicyclic) bond motifs is 2. The summed E-state index contributed by atoms with van der Waals surface area (Å²) in [6.07, 6.45) is 3.70. The van der Waals surface area contributed by atoms with Gasteiger partial charge in [-0.2, -0.15) is 0 Å². The maximum atomic E-state index is 12.8. The van der Waals surface area contributed by atoms with Gasteiger partial charge in [-0.3, -0.25) is 14.4 Å². The molecule has 4 rings (SSSR count). The summed E-state index contributed by atoms with van der Waals surface area (Å²) in [6, 6.07) is 4.73. The summed E-state index contributed by atoms with van der Waals surface area (Å²) in [5, 5.41) is 3.60. The molecule has 6 nitrogen and oxygen atoms in total. The Morgan fingerprint density at radius 1 is 1.18 bits per heavy atom. The van der Waals surface area contributed by atoms with Crippen molar-refractivity contribution in [1.29, 1.82) is 0 Å². The molecule has 3 aromatic rings. The fraction of sp³-hybridized carbons (Fsp3) is 0.286.